The topological polar surface area (TPSA) is 87.7 Å². The molecule has 0 aromatic heterocycles. The summed E-state index contributed by atoms with van der Waals surface area (Å²) in [6.45, 7) is 2.86. The van der Waals surface area contributed by atoms with Crippen molar-refractivity contribution in [1.29, 1.82) is 0 Å². The first-order chi connectivity index (χ1) is 8.04. The van der Waals surface area contributed by atoms with Crippen LogP contribution in [0.3, 0.4) is 0 Å². The van der Waals surface area contributed by atoms with Gasteiger partial charge >= 0.3 is 5.97 Å². The highest BCUT2D eigenvalue weighted by molar-refractivity contribution is 5.87. The number of carboxylic acid groups (broad SMARTS) is 1. The molecule has 98 valence electrons. The molecule has 1 saturated heterocycles. The number of carboxylic acids is 1. The number of hydrogen-bond donors (Lipinski definition) is 3. The van der Waals surface area contributed by atoms with Crippen molar-refractivity contribution >= 4 is 11.9 Å². The number of amides is 1. The van der Waals surface area contributed by atoms with Crippen LogP contribution in [0.4, 0.5) is 0 Å². The van der Waals surface area contributed by atoms with Crippen molar-refractivity contribution in [3.8, 4) is 0 Å². The van der Waals surface area contributed by atoms with E-state index in [0.717, 1.165) is 19.4 Å². The molecule has 0 aromatic carbocycles. The molecular formula is C11H20N2O4. The lowest BCUT2D eigenvalue weighted by molar-refractivity contribution is -0.143. The first-order valence-corrected chi connectivity index (χ1v) is 5.80. The molecule has 0 saturated carbocycles. The smallest absolute Gasteiger partial charge is 0.328 e. The third-order valence-corrected chi connectivity index (χ3v) is 2.93. The zero-order chi connectivity index (χ0) is 12.8. The van der Waals surface area contributed by atoms with E-state index in [1.807, 2.05) is 0 Å². The van der Waals surface area contributed by atoms with Gasteiger partial charge in [-0.05, 0) is 25.3 Å². The largest absolute Gasteiger partial charge is 0.480 e. The van der Waals surface area contributed by atoms with Crippen LogP contribution in [0.15, 0.2) is 0 Å². The number of methoxy groups -OCH3 is 1. The van der Waals surface area contributed by atoms with Crippen molar-refractivity contribution < 1.29 is 19.4 Å². The lowest BCUT2D eigenvalue weighted by Crippen LogP contribution is -2.53. The quantitative estimate of drug-likeness (QED) is 0.612. The minimum absolute atomic E-state index is 0.0245. The molecule has 1 aliphatic rings. The highest BCUT2D eigenvalue weighted by Gasteiger charge is 2.28. The van der Waals surface area contributed by atoms with Gasteiger partial charge < -0.3 is 20.5 Å². The number of rotatable bonds is 5. The van der Waals surface area contributed by atoms with E-state index >= 15 is 0 Å². The highest BCUT2D eigenvalue weighted by atomic mass is 16.5. The number of carbonyl (C=O) groups excluding carboxylic acids is 1. The van der Waals surface area contributed by atoms with E-state index in [4.69, 9.17) is 9.84 Å². The predicted molar refractivity (Wildman–Crippen MR) is 61.6 cm³/mol. The second-order valence-corrected chi connectivity index (χ2v) is 4.49. The van der Waals surface area contributed by atoms with Gasteiger partial charge in [-0.15, -0.1) is 0 Å². The minimum atomic E-state index is -1.08. The van der Waals surface area contributed by atoms with Crippen LogP contribution in [0, 0.1) is 5.92 Å². The number of aliphatic carboxylic acids is 1. The molecule has 3 N–H and O–H groups in total. The fraction of sp³-hybridized carbons (Fsp3) is 0.818. The monoisotopic (exact) mass is 244 g/mol. The van der Waals surface area contributed by atoms with Crippen molar-refractivity contribution in [3.05, 3.63) is 0 Å². The van der Waals surface area contributed by atoms with E-state index in [0.29, 0.717) is 5.92 Å². The molecule has 1 amide bonds. The van der Waals surface area contributed by atoms with Gasteiger partial charge in [0.25, 0.3) is 0 Å². The molecule has 0 aromatic rings. The van der Waals surface area contributed by atoms with E-state index in [-0.39, 0.29) is 18.6 Å². The molecule has 0 radical (unpaired) electrons. The van der Waals surface area contributed by atoms with Gasteiger partial charge in [-0.25, -0.2) is 4.79 Å². The SMILES string of the molecule is COCC(NC(=O)C1CC(C)CCN1)C(=O)O. The van der Waals surface area contributed by atoms with E-state index < -0.39 is 12.0 Å². The zero-order valence-corrected chi connectivity index (χ0v) is 10.2. The Kier molecular flexibility index (Phi) is 5.37. The van der Waals surface area contributed by atoms with E-state index in [9.17, 15) is 9.59 Å². The Morgan fingerprint density at radius 1 is 1.59 bits per heavy atom. The summed E-state index contributed by atoms with van der Waals surface area (Å²) in [5, 5.41) is 14.5. The zero-order valence-electron chi connectivity index (χ0n) is 10.2. The van der Waals surface area contributed by atoms with Gasteiger partial charge in [-0.2, -0.15) is 0 Å². The Bertz CT molecular complexity index is 283. The molecule has 6 heteroatoms. The van der Waals surface area contributed by atoms with Crippen molar-refractivity contribution in [1.82, 2.24) is 10.6 Å². The van der Waals surface area contributed by atoms with Gasteiger partial charge in [-0.1, -0.05) is 6.92 Å². The maximum absolute atomic E-state index is 11.8. The Hall–Kier alpha value is -1.14. The van der Waals surface area contributed by atoms with Crippen LogP contribution < -0.4 is 10.6 Å². The molecule has 17 heavy (non-hydrogen) atoms. The van der Waals surface area contributed by atoms with Gasteiger partial charge in [0.2, 0.25) is 5.91 Å². The summed E-state index contributed by atoms with van der Waals surface area (Å²) in [4.78, 5) is 22.7. The van der Waals surface area contributed by atoms with E-state index in [1.165, 1.54) is 7.11 Å². The van der Waals surface area contributed by atoms with Crippen LogP contribution in [0.25, 0.3) is 0 Å². The Morgan fingerprint density at radius 3 is 2.82 bits per heavy atom. The molecule has 0 bridgehead atoms. The average Bonchev–Trinajstić information content (AvgIpc) is 2.28. The lowest BCUT2D eigenvalue weighted by atomic mass is 9.94. The lowest BCUT2D eigenvalue weighted by Gasteiger charge is -2.28. The molecule has 0 spiro atoms. The van der Waals surface area contributed by atoms with Crippen LogP contribution in [-0.4, -0.2) is 49.3 Å². The number of hydrogen-bond acceptors (Lipinski definition) is 4. The number of ether oxygens (including phenoxy) is 1. The normalized spacial score (nSPS) is 26.2. The molecule has 1 rings (SSSR count). The fourth-order valence-corrected chi connectivity index (χ4v) is 1.92. The molecule has 6 nitrogen and oxygen atoms in total. The predicted octanol–water partition coefficient (Wildman–Crippen LogP) is -0.410. The first-order valence-electron chi connectivity index (χ1n) is 5.80. The van der Waals surface area contributed by atoms with Gasteiger partial charge in [0.15, 0.2) is 6.04 Å². The molecule has 3 atom stereocenters. The van der Waals surface area contributed by atoms with Crippen LogP contribution in [0.5, 0.6) is 0 Å². The minimum Gasteiger partial charge on any atom is -0.480 e. The van der Waals surface area contributed by atoms with Gasteiger partial charge in [0.05, 0.1) is 12.6 Å². The van der Waals surface area contributed by atoms with Crippen molar-refractivity contribution in [2.75, 3.05) is 20.3 Å². The average molecular weight is 244 g/mol. The van der Waals surface area contributed by atoms with Crippen LogP contribution in [0.2, 0.25) is 0 Å². The Labute approximate surface area is 101 Å². The summed E-state index contributed by atoms with van der Waals surface area (Å²) in [7, 11) is 1.41. The summed E-state index contributed by atoms with van der Waals surface area (Å²) in [6.07, 6.45) is 1.79. The van der Waals surface area contributed by atoms with Gasteiger partial charge in [0, 0.05) is 7.11 Å². The van der Waals surface area contributed by atoms with Crippen molar-refractivity contribution in [2.45, 2.75) is 31.8 Å². The van der Waals surface area contributed by atoms with E-state index in [1.54, 1.807) is 0 Å². The third-order valence-electron chi connectivity index (χ3n) is 2.93. The first kappa shape index (κ1) is 13.9. The number of nitrogens with one attached hydrogen (secondary N) is 2. The van der Waals surface area contributed by atoms with Crippen LogP contribution >= 0.6 is 0 Å². The van der Waals surface area contributed by atoms with E-state index in [2.05, 4.69) is 17.6 Å². The molecule has 1 fully saturated rings. The Morgan fingerprint density at radius 2 is 2.29 bits per heavy atom. The standard InChI is InChI=1S/C11H20N2O4/c1-7-3-4-12-8(5-7)10(14)13-9(6-17-2)11(15)16/h7-9,12H,3-6H2,1-2H3,(H,13,14)(H,15,16). The third kappa shape index (κ3) is 4.32. The van der Waals surface area contributed by atoms with Gasteiger partial charge in [-0.3, -0.25) is 4.79 Å². The molecule has 3 unspecified atom stereocenters. The van der Waals surface area contributed by atoms with Crippen molar-refractivity contribution in [3.63, 3.8) is 0 Å². The maximum atomic E-state index is 11.8. The summed E-state index contributed by atoms with van der Waals surface area (Å²) in [5.74, 6) is -0.859. The molecular weight excluding hydrogens is 224 g/mol. The second-order valence-electron chi connectivity index (χ2n) is 4.49. The van der Waals surface area contributed by atoms with Gasteiger partial charge in [0.1, 0.15) is 0 Å². The molecule has 1 aliphatic heterocycles. The fourth-order valence-electron chi connectivity index (χ4n) is 1.92. The van der Waals surface area contributed by atoms with Crippen LogP contribution in [-0.2, 0) is 14.3 Å². The summed E-state index contributed by atoms with van der Waals surface area (Å²) in [6, 6.07) is -1.27. The summed E-state index contributed by atoms with van der Waals surface area (Å²) in [5.41, 5.74) is 0. The molecule has 0 aliphatic carbocycles. The Balaban J connectivity index is 2.48. The number of carbonyl (C=O) groups is 2. The van der Waals surface area contributed by atoms with Crippen molar-refractivity contribution in [2.24, 2.45) is 5.92 Å². The second kappa shape index (κ2) is 6.56. The summed E-state index contributed by atoms with van der Waals surface area (Å²) < 4.78 is 4.76. The summed E-state index contributed by atoms with van der Waals surface area (Å²) >= 11 is 0. The maximum Gasteiger partial charge on any atom is 0.328 e. The molecule has 1 heterocycles. The number of piperidine rings is 1. The highest BCUT2D eigenvalue weighted by Crippen LogP contribution is 2.15. The van der Waals surface area contributed by atoms with Crippen LogP contribution in [0.1, 0.15) is 19.8 Å².